The van der Waals surface area contributed by atoms with Crippen LogP contribution < -0.4 is 10.2 Å². The molecule has 5 rings (SSSR count). The van der Waals surface area contributed by atoms with Crippen molar-refractivity contribution in [1.82, 2.24) is 24.6 Å². The first-order valence-corrected chi connectivity index (χ1v) is 10.8. The van der Waals surface area contributed by atoms with Crippen LogP contribution in [0.3, 0.4) is 0 Å². The molecule has 1 aliphatic heterocycles. The van der Waals surface area contributed by atoms with Gasteiger partial charge < -0.3 is 9.88 Å². The van der Waals surface area contributed by atoms with Gasteiger partial charge in [0, 0.05) is 50.2 Å². The second kappa shape index (κ2) is 8.20. The maximum atomic E-state index is 15.3. The summed E-state index contributed by atoms with van der Waals surface area (Å²) < 4.78 is 18.9. The third-order valence-electron chi connectivity index (χ3n) is 6.09. The number of piperidine rings is 1. The van der Waals surface area contributed by atoms with Gasteiger partial charge in [-0.3, -0.25) is 14.4 Å². The smallest absolute Gasteiger partial charge is 0.262 e. The van der Waals surface area contributed by atoms with Crippen molar-refractivity contribution < 1.29 is 9.18 Å². The van der Waals surface area contributed by atoms with Gasteiger partial charge in [-0.2, -0.15) is 5.10 Å². The Bertz CT molecular complexity index is 1290. The molecule has 0 bridgehead atoms. The van der Waals surface area contributed by atoms with Gasteiger partial charge in [0.25, 0.3) is 5.91 Å². The highest BCUT2D eigenvalue weighted by atomic mass is 19.1. The van der Waals surface area contributed by atoms with E-state index in [1.807, 2.05) is 43.2 Å². The SMILES string of the molecule is Cn1cc(-c2ccc(C(=O)N(c3nccc4ccn(C)c34)[C@@H]3CCCNC3)c(F)c2)cn1. The standard InChI is InChI=1S/C24H25FN6O/c1-29-11-8-16-7-10-27-23(22(16)29)31(19-4-3-9-26-14-19)24(32)20-6-5-17(12-21(20)25)18-13-28-30(2)15-18/h5-8,10-13,15,19,26H,3-4,9,14H2,1-2H3/t19-/m1/s1. The van der Waals surface area contributed by atoms with Gasteiger partial charge in [0.2, 0.25) is 0 Å². The predicted octanol–water partition coefficient (Wildman–Crippen LogP) is 3.51. The number of halogens is 1. The van der Waals surface area contributed by atoms with Gasteiger partial charge in [-0.15, -0.1) is 0 Å². The second-order valence-corrected chi connectivity index (χ2v) is 8.27. The third-order valence-corrected chi connectivity index (χ3v) is 6.09. The summed E-state index contributed by atoms with van der Waals surface area (Å²) in [4.78, 5) is 20.0. The monoisotopic (exact) mass is 432 g/mol. The number of aryl methyl sites for hydroxylation is 2. The lowest BCUT2D eigenvalue weighted by Crippen LogP contribution is -2.49. The molecule has 1 fully saturated rings. The fraction of sp³-hybridized carbons (Fsp3) is 0.292. The van der Waals surface area contributed by atoms with E-state index in [0.717, 1.165) is 35.9 Å². The number of nitrogens with one attached hydrogen (secondary N) is 1. The van der Waals surface area contributed by atoms with Crippen LogP contribution in [0.2, 0.25) is 0 Å². The van der Waals surface area contributed by atoms with E-state index >= 15 is 4.39 Å². The zero-order valence-corrected chi connectivity index (χ0v) is 18.1. The average molecular weight is 433 g/mol. The fourth-order valence-electron chi connectivity index (χ4n) is 4.45. The van der Waals surface area contributed by atoms with Gasteiger partial charge in [-0.05, 0) is 49.2 Å². The molecular formula is C24H25FN6O. The van der Waals surface area contributed by atoms with E-state index in [9.17, 15) is 4.79 Å². The number of nitrogens with zero attached hydrogens (tertiary/aromatic N) is 5. The maximum Gasteiger partial charge on any atom is 0.262 e. The molecule has 0 spiro atoms. The zero-order valence-electron chi connectivity index (χ0n) is 18.1. The minimum Gasteiger partial charge on any atom is -0.348 e. The highest BCUT2D eigenvalue weighted by Gasteiger charge is 2.32. The van der Waals surface area contributed by atoms with Crippen molar-refractivity contribution in [3.05, 3.63) is 66.5 Å². The molecule has 0 radical (unpaired) electrons. The summed E-state index contributed by atoms with van der Waals surface area (Å²) in [5.41, 5.74) is 2.38. The molecule has 0 aliphatic carbocycles. The highest BCUT2D eigenvalue weighted by molar-refractivity contribution is 6.10. The van der Waals surface area contributed by atoms with Crippen LogP contribution in [0.4, 0.5) is 10.2 Å². The van der Waals surface area contributed by atoms with Gasteiger partial charge >= 0.3 is 0 Å². The van der Waals surface area contributed by atoms with Crippen LogP contribution in [0.5, 0.6) is 0 Å². The second-order valence-electron chi connectivity index (χ2n) is 8.27. The quantitative estimate of drug-likeness (QED) is 0.536. The van der Waals surface area contributed by atoms with E-state index in [2.05, 4.69) is 15.4 Å². The summed E-state index contributed by atoms with van der Waals surface area (Å²) in [6.07, 6.45) is 8.92. The lowest BCUT2D eigenvalue weighted by atomic mass is 10.0. The fourth-order valence-corrected chi connectivity index (χ4v) is 4.45. The van der Waals surface area contributed by atoms with Gasteiger partial charge in [-0.1, -0.05) is 6.07 Å². The molecule has 0 unspecified atom stereocenters. The highest BCUT2D eigenvalue weighted by Crippen LogP contribution is 2.30. The number of hydrogen-bond acceptors (Lipinski definition) is 4. The Hall–Kier alpha value is -3.52. The zero-order chi connectivity index (χ0) is 22.2. The number of benzene rings is 1. The topological polar surface area (TPSA) is 68.0 Å². The van der Waals surface area contributed by atoms with Crippen LogP contribution >= 0.6 is 0 Å². The third kappa shape index (κ3) is 3.56. The van der Waals surface area contributed by atoms with Crippen LogP contribution in [-0.2, 0) is 14.1 Å². The molecule has 1 atom stereocenters. The number of hydrogen-bond donors (Lipinski definition) is 1. The van der Waals surface area contributed by atoms with Crippen molar-refractivity contribution in [3.8, 4) is 11.1 Å². The molecule has 164 valence electrons. The van der Waals surface area contributed by atoms with Crippen LogP contribution in [0, 0.1) is 5.82 Å². The normalized spacial score (nSPS) is 16.4. The van der Waals surface area contributed by atoms with Crippen molar-refractivity contribution in [2.24, 2.45) is 14.1 Å². The maximum absolute atomic E-state index is 15.3. The number of rotatable bonds is 4. The summed E-state index contributed by atoms with van der Waals surface area (Å²) in [5.74, 6) is -0.372. The Balaban J connectivity index is 1.59. The largest absolute Gasteiger partial charge is 0.348 e. The molecule has 8 heteroatoms. The van der Waals surface area contributed by atoms with Gasteiger partial charge in [0.15, 0.2) is 5.82 Å². The Morgan fingerprint density at radius 1 is 1.22 bits per heavy atom. The molecule has 32 heavy (non-hydrogen) atoms. The van der Waals surface area contributed by atoms with Crippen LogP contribution in [0.15, 0.2) is 55.1 Å². The molecule has 1 aliphatic rings. The summed E-state index contributed by atoms with van der Waals surface area (Å²) >= 11 is 0. The van der Waals surface area contributed by atoms with Gasteiger partial charge in [0.05, 0.1) is 23.3 Å². The number of aromatic nitrogens is 4. The Kier molecular flexibility index (Phi) is 5.22. The number of fused-ring (bicyclic) bond motifs is 1. The first-order chi connectivity index (χ1) is 15.5. The number of carbonyl (C=O) groups is 1. The molecule has 1 amide bonds. The molecule has 0 saturated carbocycles. The lowest BCUT2D eigenvalue weighted by Gasteiger charge is -2.34. The molecule has 1 aromatic carbocycles. The number of amides is 1. The van der Waals surface area contributed by atoms with Crippen LogP contribution in [0.1, 0.15) is 23.2 Å². The number of pyridine rings is 1. The minimum absolute atomic E-state index is 0.0382. The van der Waals surface area contributed by atoms with Crippen molar-refractivity contribution in [3.63, 3.8) is 0 Å². The van der Waals surface area contributed by atoms with Crippen molar-refractivity contribution in [2.45, 2.75) is 18.9 Å². The molecule has 4 aromatic rings. The summed E-state index contributed by atoms with van der Waals surface area (Å²) in [6.45, 7) is 1.55. The molecule has 3 aromatic heterocycles. The van der Waals surface area contributed by atoms with E-state index < -0.39 is 5.82 Å². The first kappa shape index (κ1) is 20.4. The van der Waals surface area contributed by atoms with E-state index in [4.69, 9.17) is 0 Å². The molecule has 4 heterocycles. The number of anilines is 1. The van der Waals surface area contributed by atoms with E-state index in [-0.39, 0.29) is 17.5 Å². The molecule has 1 N–H and O–H groups in total. The first-order valence-electron chi connectivity index (χ1n) is 10.8. The molecule has 7 nitrogen and oxygen atoms in total. The Labute approximate surface area is 185 Å². The Morgan fingerprint density at radius 2 is 2.09 bits per heavy atom. The Morgan fingerprint density at radius 3 is 2.81 bits per heavy atom. The van der Waals surface area contributed by atoms with Crippen LogP contribution in [0.25, 0.3) is 22.0 Å². The van der Waals surface area contributed by atoms with E-state index in [1.165, 1.54) is 6.07 Å². The van der Waals surface area contributed by atoms with Crippen LogP contribution in [-0.4, -0.2) is 44.4 Å². The van der Waals surface area contributed by atoms with Crippen molar-refractivity contribution >= 4 is 22.6 Å². The van der Waals surface area contributed by atoms with Crippen molar-refractivity contribution in [2.75, 3.05) is 18.0 Å². The van der Waals surface area contributed by atoms with Gasteiger partial charge in [-0.25, -0.2) is 9.37 Å². The summed E-state index contributed by atoms with van der Waals surface area (Å²) in [5, 5.41) is 8.50. The number of carbonyl (C=O) groups excluding carboxylic acids is 1. The molecule has 1 saturated heterocycles. The predicted molar refractivity (Wildman–Crippen MR) is 122 cm³/mol. The average Bonchev–Trinajstić information content (AvgIpc) is 3.41. The summed E-state index contributed by atoms with van der Waals surface area (Å²) in [7, 11) is 3.74. The van der Waals surface area contributed by atoms with E-state index in [1.54, 1.807) is 34.1 Å². The van der Waals surface area contributed by atoms with Gasteiger partial charge in [0.1, 0.15) is 5.82 Å². The molecular weight excluding hydrogens is 407 g/mol. The summed E-state index contributed by atoms with van der Waals surface area (Å²) in [6, 6.07) is 8.53. The lowest BCUT2D eigenvalue weighted by molar-refractivity contribution is 0.0968. The van der Waals surface area contributed by atoms with Crippen molar-refractivity contribution in [1.29, 1.82) is 0 Å². The van der Waals surface area contributed by atoms with E-state index in [0.29, 0.717) is 17.9 Å². The minimum atomic E-state index is -0.552.